The van der Waals surface area contributed by atoms with E-state index in [0.29, 0.717) is 31.4 Å². The number of rotatable bonds is 7. The van der Waals surface area contributed by atoms with Crippen LogP contribution in [-0.4, -0.2) is 11.8 Å². The summed E-state index contributed by atoms with van der Waals surface area (Å²) in [4.78, 5) is 26.3. The number of ketones is 1. The molecule has 0 saturated carbocycles. The highest BCUT2D eigenvalue weighted by Gasteiger charge is 2.54. The number of Topliss-reactive ketones (excluding diaryl/α,β-unsaturated/α-hetero) is 1. The number of ether oxygens (including phenoxy) is 1. The summed E-state index contributed by atoms with van der Waals surface area (Å²) in [6.45, 7) is 14.5. The molecule has 3 heteroatoms. The Labute approximate surface area is 177 Å². The van der Waals surface area contributed by atoms with Gasteiger partial charge in [0.2, 0.25) is 0 Å². The molecule has 0 unspecified atom stereocenters. The quantitative estimate of drug-likeness (QED) is 0.347. The monoisotopic (exact) mass is 398 g/mol. The first-order chi connectivity index (χ1) is 13.5. The molecule has 1 fully saturated rings. The van der Waals surface area contributed by atoms with Crippen LogP contribution in [0.3, 0.4) is 0 Å². The van der Waals surface area contributed by atoms with Gasteiger partial charge in [-0.2, -0.15) is 0 Å². The van der Waals surface area contributed by atoms with Crippen molar-refractivity contribution in [3.05, 3.63) is 46.8 Å². The number of hydrogen-bond donors (Lipinski definition) is 0. The zero-order valence-electron chi connectivity index (χ0n) is 19.4. The van der Waals surface area contributed by atoms with Crippen LogP contribution < -0.4 is 0 Å². The van der Waals surface area contributed by atoms with Gasteiger partial charge in [-0.25, -0.2) is 0 Å². The van der Waals surface area contributed by atoms with Crippen LogP contribution in [0.15, 0.2) is 46.8 Å². The van der Waals surface area contributed by atoms with E-state index < -0.39 is 5.41 Å². The fraction of sp³-hybridized carbons (Fsp3) is 0.615. The lowest BCUT2D eigenvalue weighted by molar-refractivity contribution is -0.157. The zero-order valence-corrected chi connectivity index (χ0v) is 19.4. The number of fused-ring (bicyclic) bond motifs is 1. The van der Waals surface area contributed by atoms with E-state index in [1.807, 2.05) is 27.7 Å². The number of esters is 1. The van der Waals surface area contributed by atoms with Gasteiger partial charge in [0.25, 0.3) is 0 Å². The Morgan fingerprint density at radius 1 is 1.03 bits per heavy atom. The van der Waals surface area contributed by atoms with Gasteiger partial charge in [0.15, 0.2) is 0 Å². The summed E-state index contributed by atoms with van der Waals surface area (Å²) in [5.41, 5.74) is 2.69. The second kappa shape index (κ2) is 9.28. The Hall–Kier alpha value is -1.90. The molecule has 2 aliphatic rings. The minimum Gasteiger partial charge on any atom is -0.430 e. The molecule has 0 amide bonds. The van der Waals surface area contributed by atoms with Crippen molar-refractivity contribution in [2.45, 2.75) is 87.0 Å². The molecule has 0 spiro atoms. The van der Waals surface area contributed by atoms with Crippen LogP contribution in [0.2, 0.25) is 0 Å². The maximum atomic E-state index is 13.6. The summed E-state index contributed by atoms with van der Waals surface area (Å²) in [5, 5.41) is 0. The molecule has 1 saturated heterocycles. The van der Waals surface area contributed by atoms with Gasteiger partial charge in [-0.3, -0.25) is 9.59 Å². The lowest BCUT2D eigenvalue weighted by atomic mass is 9.60. The third-order valence-corrected chi connectivity index (χ3v) is 6.13. The van der Waals surface area contributed by atoms with Crippen LogP contribution in [0.1, 0.15) is 87.0 Å². The Kier molecular flexibility index (Phi) is 7.48. The first kappa shape index (κ1) is 23.4. The van der Waals surface area contributed by atoms with Crippen molar-refractivity contribution in [2.24, 2.45) is 16.7 Å². The summed E-state index contributed by atoms with van der Waals surface area (Å²) in [5.74, 6) is 0.376. The molecule has 0 aromatic rings. The minimum atomic E-state index is -0.693. The molecule has 29 heavy (non-hydrogen) atoms. The summed E-state index contributed by atoms with van der Waals surface area (Å²) >= 11 is 0. The first-order valence-electron chi connectivity index (χ1n) is 10.9. The fourth-order valence-corrected chi connectivity index (χ4v) is 4.30. The predicted octanol–water partition coefficient (Wildman–Crippen LogP) is 6.86. The van der Waals surface area contributed by atoms with Gasteiger partial charge in [-0.05, 0) is 85.1 Å². The van der Waals surface area contributed by atoms with E-state index >= 15 is 0 Å². The van der Waals surface area contributed by atoms with Crippen molar-refractivity contribution >= 4 is 11.8 Å². The van der Waals surface area contributed by atoms with Crippen LogP contribution in [-0.2, 0) is 14.3 Å². The van der Waals surface area contributed by atoms with Crippen LogP contribution in [0.25, 0.3) is 0 Å². The number of allylic oxidation sites excluding steroid dienone is 8. The molecule has 3 nitrogen and oxygen atoms in total. The lowest BCUT2D eigenvalue weighted by Crippen LogP contribution is -2.48. The van der Waals surface area contributed by atoms with Crippen molar-refractivity contribution in [2.75, 3.05) is 0 Å². The number of hydrogen-bond acceptors (Lipinski definition) is 3. The largest absolute Gasteiger partial charge is 0.430 e. The van der Waals surface area contributed by atoms with E-state index in [-0.39, 0.29) is 23.1 Å². The van der Waals surface area contributed by atoms with E-state index in [4.69, 9.17) is 4.74 Å². The molecule has 3 atom stereocenters. The molecule has 2 rings (SSSR count). The molecular formula is C26H38O3. The van der Waals surface area contributed by atoms with E-state index in [1.54, 1.807) is 0 Å². The second-order valence-electron chi connectivity index (χ2n) is 9.99. The molecule has 0 bridgehead atoms. The summed E-state index contributed by atoms with van der Waals surface area (Å²) in [6.07, 6.45) is 12.6. The molecule has 0 aromatic carbocycles. The highest BCUT2D eigenvalue weighted by molar-refractivity contribution is 5.92. The molecule has 0 aromatic heterocycles. The van der Waals surface area contributed by atoms with Gasteiger partial charge in [-0.1, -0.05) is 41.9 Å². The highest BCUT2D eigenvalue weighted by atomic mass is 16.5. The van der Waals surface area contributed by atoms with Gasteiger partial charge in [0.05, 0.1) is 11.3 Å². The lowest BCUT2D eigenvalue weighted by Gasteiger charge is -2.46. The molecular weight excluding hydrogens is 360 g/mol. The van der Waals surface area contributed by atoms with E-state index in [2.05, 4.69) is 45.1 Å². The molecule has 0 radical (unpaired) electrons. The molecule has 1 aliphatic heterocycles. The van der Waals surface area contributed by atoms with Gasteiger partial charge >= 0.3 is 5.97 Å². The van der Waals surface area contributed by atoms with Crippen LogP contribution in [0.5, 0.6) is 0 Å². The average Bonchev–Trinajstić information content (AvgIpc) is 2.58. The first-order valence-corrected chi connectivity index (χ1v) is 10.9. The van der Waals surface area contributed by atoms with Gasteiger partial charge < -0.3 is 4.74 Å². The Bertz CT molecular complexity index is 768. The van der Waals surface area contributed by atoms with E-state index in [1.165, 1.54) is 16.7 Å². The summed E-state index contributed by atoms with van der Waals surface area (Å²) in [7, 11) is 0. The Balaban J connectivity index is 2.40. The molecule has 1 heterocycles. The number of carbonyl (C=O) groups excluding carboxylic acids is 2. The van der Waals surface area contributed by atoms with Crippen molar-refractivity contribution in [3.63, 3.8) is 0 Å². The van der Waals surface area contributed by atoms with Crippen molar-refractivity contribution < 1.29 is 14.3 Å². The average molecular weight is 399 g/mol. The Morgan fingerprint density at radius 3 is 2.24 bits per heavy atom. The SMILES string of the molecule is CC(C)=CCC[C@@]1(C)C=C2OC(=O)[C@H](CC=C(C)C)C[C@]2(CC=C(C)C)C(=O)C1. The van der Waals surface area contributed by atoms with Crippen molar-refractivity contribution in [3.8, 4) is 0 Å². The third kappa shape index (κ3) is 5.81. The van der Waals surface area contributed by atoms with Crippen LogP contribution >= 0.6 is 0 Å². The van der Waals surface area contributed by atoms with Gasteiger partial charge in [-0.15, -0.1) is 0 Å². The molecule has 0 N–H and O–H groups in total. The Morgan fingerprint density at radius 2 is 1.66 bits per heavy atom. The van der Waals surface area contributed by atoms with Crippen molar-refractivity contribution in [1.29, 1.82) is 0 Å². The summed E-state index contributed by atoms with van der Waals surface area (Å²) in [6, 6.07) is 0. The third-order valence-electron chi connectivity index (χ3n) is 6.13. The minimum absolute atomic E-state index is 0.192. The fourth-order valence-electron chi connectivity index (χ4n) is 4.30. The van der Waals surface area contributed by atoms with Crippen LogP contribution in [0, 0.1) is 16.7 Å². The second-order valence-corrected chi connectivity index (χ2v) is 9.99. The van der Waals surface area contributed by atoms with E-state index in [9.17, 15) is 9.59 Å². The smallest absolute Gasteiger partial charge is 0.314 e. The topological polar surface area (TPSA) is 43.4 Å². The molecule has 1 aliphatic carbocycles. The maximum absolute atomic E-state index is 13.6. The standard InChI is InChI=1S/C26H38O3/c1-18(2)9-8-13-25(7)16-22(27)26(14-12-20(5)6)15-21(11-10-19(3)4)24(28)29-23(26)17-25/h9-10,12,17,21H,8,11,13-16H2,1-7H3/t21-,25-,26-/m1/s1. The van der Waals surface area contributed by atoms with Gasteiger partial charge in [0.1, 0.15) is 11.5 Å². The number of carbonyl (C=O) groups is 2. The highest BCUT2D eigenvalue weighted by Crippen LogP contribution is 2.53. The normalized spacial score (nSPS) is 28.7. The zero-order chi connectivity index (χ0) is 21.8. The van der Waals surface area contributed by atoms with Gasteiger partial charge in [0, 0.05) is 6.42 Å². The van der Waals surface area contributed by atoms with E-state index in [0.717, 1.165) is 12.8 Å². The van der Waals surface area contributed by atoms with Crippen molar-refractivity contribution in [1.82, 2.24) is 0 Å². The molecule has 160 valence electrons. The maximum Gasteiger partial charge on any atom is 0.314 e. The predicted molar refractivity (Wildman–Crippen MR) is 119 cm³/mol. The summed E-state index contributed by atoms with van der Waals surface area (Å²) < 4.78 is 5.89. The van der Waals surface area contributed by atoms with Crippen LogP contribution in [0.4, 0.5) is 0 Å².